The lowest BCUT2D eigenvalue weighted by Crippen LogP contribution is -2.41. The smallest absolute Gasteiger partial charge is 0.230 e. The molecule has 0 radical (unpaired) electrons. The number of benzene rings is 2. The molecule has 0 unspecified atom stereocenters. The molecule has 218 valence electrons. The average Bonchev–Trinajstić information content (AvgIpc) is 3.00. The topological polar surface area (TPSA) is 65.9 Å². The molecule has 0 atom stereocenters. The van der Waals surface area contributed by atoms with E-state index in [2.05, 4.69) is 54.3 Å². The van der Waals surface area contributed by atoms with Crippen LogP contribution in [0.1, 0.15) is 68.4 Å². The molecule has 1 amide bonds. The van der Waals surface area contributed by atoms with Gasteiger partial charge >= 0.3 is 0 Å². The Morgan fingerprint density at radius 3 is 2.32 bits per heavy atom. The van der Waals surface area contributed by atoms with Crippen molar-refractivity contribution in [3.8, 4) is 17.0 Å². The van der Waals surface area contributed by atoms with Crippen LogP contribution in [-0.2, 0) is 4.79 Å². The number of ether oxygens (including phenoxy) is 1. The van der Waals surface area contributed by atoms with Crippen molar-refractivity contribution in [2.75, 3.05) is 37.5 Å². The van der Waals surface area contributed by atoms with E-state index in [-0.39, 0.29) is 17.9 Å². The normalized spacial score (nSPS) is 22.7. The summed E-state index contributed by atoms with van der Waals surface area (Å²) in [4.78, 5) is 22.8. The molecule has 6 nitrogen and oxygen atoms in total. The molecule has 2 aliphatic rings. The number of hydrogen-bond acceptors (Lipinski definition) is 5. The van der Waals surface area contributed by atoms with Gasteiger partial charge in [-0.2, -0.15) is 0 Å². The Morgan fingerprint density at radius 1 is 0.927 bits per heavy atom. The highest BCUT2D eigenvalue weighted by molar-refractivity contribution is 5.95. The molecule has 2 aliphatic carbocycles. The van der Waals surface area contributed by atoms with Crippen LogP contribution in [-0.4, -0.2) is 49.9 Å². The predicted octanol–water partition coefficient (Wildman–Crippen LogP) is 6.99. The number of aryl methyl sites for hydroxylation is 1. The predicted molar refractivity (Wildman–Crippen MR) is 167 cm³/mol. The quantitative estimate of drug-likeness (QED) is 0.325. The Bertz CT molecular complexity index is 1310. The molecule has 1 heterocycles. The fourth-order valence-electron chi connectivity index (χ4n) is 6.61. The molecule has 2 fully saturated rings. The third kappa shape index (κ3) is 6.92. The molecule has 1 N–H and O–H groups in total. The maximum atomic E-state index is 14.0. The lowest BCUT2D eigenvalue weighted by atomic mass is 9.78. The minimum atomic E-state index is -0.274. The number of carbonyl (C=O) groups excluding carboxylic acids is 1. The summed E-state index contributed by atoms with van der Waals surface area (Å²) in [6.45, 7) is 2.85. The van der Waals surface area contributed by atoms with Crippen molar-refractivity contribution < 1.29 is 14.6 Å². The summed E-state index contributed by atoms with van der Waals surface area (Å²) < 4.78 is 5.46. The van der Waals surface area contributed by atoms with Gasteiger partial charge in [-0.3, -0.25) is 9.78 Å². The summed E-state index contributed by atoms with van der Waals surface area (Å²) in [7, 11) is 5.75. The molecular weight excluding hydrogens is 510 g/mol. The zero-order valence-electron chi connectivity index (χ0n) is 25.1. The Balaban J connectivity index is 1.34. The van der Waals surface area contributed by atoms with Crippen molar-refractivity contribution in [3.63, 3.8) is 0 Å². The van der Waals surface area contributed by atoms with Gasteiger partial charge in [0.05, 0.1) is 30.8 Å². The number of amides is 1. The number of methoxy groups -OCH3 is 1. The molecule has 5 rings (SSSR count). The van der Waals surface area contributed by atoms with E-state index in [1.807, 2.05) is 37.3 Å². The molecule has 0 saturated heterocycles. The van der Waals surface area contributed by atoms with Crippen LogP contribution in [0.3, 0.4) is 0 Å². The summed E-state index contributed by atoms with van der Waals surface area (Å²) >= 11 is 0. The molecule has 0 spiro atoms. The van der Waals surface area contributed by atoms with Crippen LogP contribution in [0.25, 0.3) is 11.3 Å². The van der Waals surface area contributed by atoms with Crippen molar-refractivity contribution >= 4 is 17.3 Å². The van der Waals surface area contributed by atoms with Crippen molar-refractivity contribution in [3.05, 3.63) is 71.9 Å². The van der Waals surface area contributed by atoms with Crippen LogP contribution in [0.4, 0.5) is 11.4 Å². The number of aliphatic hydroxyl groups excluding tert-OH is 1. The van der Waals surface area contributed by atoms with E-state index in [0.717, 1.165) is 73.5 Å². The fraction of sp³-hybridized carbons (Fsp3) is 0.486. The Kier molecular flexibility index (Phi) is 9.29. The maximum absolute atomic E-state index is 14.0. The number of rotatable bonds is 8. The maximum Gasteiger partial charge on any atom is 0.230 e. The number of nitrogens with zero attached hydrogens (tertiary/aromatic N) is 3. The lowest BCUT2D eigenvalue weighted by Gasteiger charge is -2.36. The SMILES string of the molecule is COc1ccc(C2CCC(CN(C(=O)C3CCC(O)CC3)c3cccc(-c4ccc(N(C)C)cn4)c3)CC2)cc1C. The van der Waals surface area contributed by atoms with Crippen LogP contribution in [0.15, 0.2) is 60.8 Å². The number of pyridine rings is 1. The highest BCUT2D eigenvalue weighted by atomic mass is 16.5. The molecule has 0 aliphatic heterocycles. The third-order valence-electron chi connectivity index (χ3n) is 9.21. The first-order chi connectivity index (χ1) is 19.8. The Morgan fingerprint density at radius 2 is 1.68 bits per heavy atom. The minimum absolute atomic E-state index is 0.0295. The first-order valence-electron chi connectivity index (χ1n) is 15.2. The number of aromatic nitrogens is 1. The summed E-state index contributed by atoms with van der Waals surface area (Å²) in [6, 6.07) is 19.0. The van der Waals surface area contributed by atoms with Crippen LogP contribution >= 0.6 is 0 Å². The molecule has 1 aromatic heterocycles. The van der Waals surface area contributed by atoms with E-state index in [4.69, 9.17) is 9.72 Å². The van der Waals surface area contributed by atoms with Crippen LogP contribution in [0.2, 0.25) is 0 Å². The second kappa shape index (κ2) is 13.1. The fourth-order valence-corrected chi connectivity index (χ4v) is 6.61. The largest absolute Gasteiger partial charge is 0.496 e. The van der Waals surface area contributed by atoms with Crippen LogP contribution in [0, 0.1) is 18.8 Å². The highest BCUT2D eigenvalue weighted by Gasteiger charge is 2.32. The van der Waals surface area contributed by atoms with Gasteiger partial charge in [0, 0.05) is 37.8 Å². The zero-order chi connectivity index (χ0) is 28.9. The number of hydrogen-bond donors (Lipinski definition) is 1. The highest BCUT2D eigenvalue weighted by Crippen LogP contribution is 2.39. The van der Waals surface area contributed by atoms with Gasteiger partial charge in [0.2, 0.25) is 5.91 Å². The summed E-state index contributed by atoms with van der Waals surface area (Å²) in [5, 5.41) is 10.1. The van der Waals surface area contributed by atoms with Crippen LogP contribution in [0.5, 0.6) is 5.75 Å². The van der Waals surface area contributed by atoms with Crippen molar-refractivity contribution in [2.45, 2.75) is 70.3 Å². The molecule has 41 heavy (non-hydrogen) atoms. The molecule has 2 aromatic carbocycles. The molecule has 0 bridgehead atoms. The van der Waals surface area contributed by atoms with E-state index >= 15 is 0 Å². The number of aliphatic hydroxyl groups is 1. The van der Waals surface area contributed by atoms with Gasteiger partial charge in [-0.15, -0.1) is 0 Å². The van der Waals surface area contributed by atoms with Crippen molar-refractivity contribution in [1.29, 1.82) is 0 Å². The Hall–Kier alpha value is -3.38. The average molecular weight is 556 g/mol. The second-order valence-corrected chi connectivity index (χ2v) is 12.2. The van der Waals surface area contributed by atoms with Gasteiger partial charge in [0.25, 0.3) is 0 Å². The van der Waals surface area contributed by atoms with E-state index < -0.39 is 0 Å². The number of carbonyl (C=O) groups is 1. The molecule has 6 heteroatoms. The van der Waals surface area contributed by atoms with Gasteiger partial charge in [-0.05, 0) is 112 Å². The minimum Gasteiger partial charge on any atom is -0.496 e. The van der Waals surface area contributed by atoms with Gasteiger partial charge in [-0.25, -0.2) is 0 Å². The molecule has 2 saturated carbocycles. The summed E-state index contributed by atoms with van der Waals surface area (Å²) in [6.07, 6.45) is 9.03. The standard InChI is InChI=1S/C35H45N3O3/c1-24-20-28(14-19-34(24)41-4)26-10-8-25(9-11-26)23-38(35(40)27-12-16-32(39)17-13-27)30-7-5-6-29(21-30)33-18-15-31(22-36-33)37(2)3/h5-7,14-15,18-22,25-27,32,39H,8-13,16-17,23H2,1-4H3. The summed E-state index contributed by atoms with van der Waals surface area (Å²) in [5.74, 6) is 2.14. The van der Waals surface area contributed by atoms with Gasteiger partial charge < -0.3 is 19.6 Å². The molecular formula is C35H45N3O3. The van der Waals surface area contributed by atoms with Crippen LogP contribution < -0.4 is 14.5 Å². The van der Waals surface area contributed by atoms with Crippen molar-refractivity contribution in [1.82, 2.24) is 4.98 Å². The first-order valence-corrected chi connectivity index (χ1v) is 15.2. The Labute approximate surface area is 245 Å². The summed E-state index contributed by atoms with van der Waals surface area (Å²) in [5.41, 5.74) is 6.51. The van der Waals surface area contributed by atoms with E-state index in [9.17, 15) is 9.90 Å². The third-order valence-corrected chi connectivity index (χ3v) is 9.21. The first kappa shape index (κ1) is 29.1. The lowest BCUT2D eigenvalue weighted by molar-refractivity contribution is -0.124. The van der Waals surface area contributed by atoms with Gasteiger partial charge in [0.1, 0.15) is 5.75 Å². The van der Waals surface area contributed by atoms with Gasteiger partial charge in [-0.1, -0.05) is 24.3 Å². The number of anilines is 2. The second-order valence-electron chi connectivity index (χ2n) is 12.2. The van der Waals surface area contributed by atoms with E-state index in [0.29, 0.717) is 24.7 Å². The van der Waals surface area contributed by atoms with Crippen molar-refractivity contribution in [2.24, 2.45) is 11.8 Å². The van der Waals surface area contributed by atoms with E-state index in [1.54, 1.807) is 7.11 Å². The molecule has 3 aromatic rings. The monoisotopic (exact) mass is 555 g/mol. The zero-order valence-corrected chi connectivity index (χ0v) is 25.1. The van der Waals surface area contributed by atoms with Gasteiger partial charge in [0.15, 0.2) is 0 Å². The van der Waals surface area contributed by atoms with E-state index in [1.165, 1.54) is 11.1 Å².